The van der Waals surface area contributed by atoms with Crippen LogP contribution in [0.3, 0.4) is 0 Å². The Kier molecular flexibility index (Phi) is 5.08. The Balaban J connectivity index is 1.72. The van der Waals surface area contributed by atoms with Crippen LogP contribution in [-0.4, -0.2) is 38.8 Å². The molecule has 0 bridgehead atoms. The van der Waals surface area contributed by atoms with Crippen molar-refractivity contribution in [3.63, 3.8) is 0 Å². The molecular formula is C17H23N7O. The summed E-state index contributed by atoms with van der Waals surface area (Å²) in [4.78, 5) is 26.5. The van der Waals surface area contributed by atoms with Crippen LogP contribution in [0.4, 0.5) is 17.6 Å². The number of piperidine rings is 1. The monoisotopic (exact) mass is 341 g/mol. The fraction of sp³-hybridized carbons (Fsp3) is 0.412. The topological polar surface area (TPSA) is 123 Å². The van der Waals surface area contributed by atoms with Gasteiger partial charge in [-0.25, -0.2) is 0 Å². The van der Waals surface area contributed by atoms with Gasteiger partial charge in [0.15, 0.2) is 5.82 Å². The highest BCUT2D eigenvalue weighted by molar-refractivity contribution is 5.76. The van der Waals surface area contributed by atoms with Crippen molar-refractivity contribution in [2.75, 3.05) is 24.1 Å². The highest BCUT2D eigenvalue weighted by Crippen LogP contribution is 2.25. The van der Waals surface area contributed by atoms with Crippen LogP contribution in [0, 0.1) is 5.92 Å². The average molecular weight is 341 g/mol. The van der Waals surface area contributed by atoms with Gasteiger partial charge in [0.05, 0.1) is 6.04 Å². The molecule has 132 valence electrons. The molecule has 2 heterocycles. The van der Waals surface area contributed by atoms with Gasteiger partial charge in [-0.2, -0.15) is 15.0 Å². The first-order valence-electron chi connectivity index (χ1n) is 8.40. The zero-order valence-corrected chi connectivity index (χ0v) is 14.2. The molecule has 0 saturated carbocycles. The molecule has 0 aliphatic carbocycles. The van der Waals surface area contributed by atoms with Crippen LogP contribution in [0.2, 0.25) is 0 Å². The van der Waals surface area contributed by atoms with E-state index in [0.717, 1.165) is 31.6 Å². The first-order chi connectivity index (χ1) is 12.0. The number of carbonyl (C=O) groups excluding carboxylic acids is 1. The van der Waals surface area contributed by atoms with Gasteiger partial charge in [-0.3, -0.25) is 9.69 Å². The highest BCUT2D eigenvalue weighted by Gasteiger charge is 2.27. The van der Waals surface area contributed by atoms with Crippen molar-refractivity contribution in [1.82, 2.24) is 19.9 Å². The van der Waals surface area contributed by atoms with E-state index in [1.807, 2.05) is 37.3 Å². The number of nitrogens with zero attached hydrogens (tertiary/aromatic N) is 4. The number of amides is 1. The number of anilines is 3. The number of benzene rings is 1. The van der Waals surface area contributed by atoms with Gasteiger partial charge < -0.3 is 16.8 Å². The predicted molar refractivity (Wildman–Crippen MR) is 95.9 cm³/mol. The van der Waals surface area contributed by atoms with E-state index in [4.69, 9.17) is 11.5 Å². The van der Waals surface area contributed by atoms with Gasteiger partial charge in [0, 0.05) is 11.6 Å². The summed E-state index contributed by atoms with van der Waals surface area (Å²) < 4.78 is 0. The van der Waals surface area contributed by atoms with Crippen LogP contribution >= 0.6 is 0 Å². The zero-order valence-electron chi connectivity index (χ0n) is 14.2. The first-order valence-corrected chi connectivity index (χ1v) is 8.40. The maximum atomic E-state index is 11.3. The maximum Gasteiger partial charge on any atom is 0.232 e. The Labute approximate surface area is 146 Å². The van der Waals surface area contributed by atoms with E-state index in [9.17, 15) is 4.79 Å². The third-order valence-corrected chi connectivity index (χ3v) is 4.55. The molecule has 1 aromatic heterocycles. The molecule has 1 aliphatic heterocycles. The summed E-state index contributed by atoms with van der Waals surface area (Å²) in [5.74, 6) is 0.964. The second-order valence-corrected chi connectivity index (χ2v) is 6.26. The maximum absolute atomic E-state index is 11.3. The standard InChI is InChI=1S/C17H23N7O/c1-11(24-9-7-12(8-10-24)14(18)25)15-21-16(19)23-17(22-15)20-13-5-3-2-4-6-13/h2-6,11-12H,7-10H2,1H3,(H2,18,25)(H3,19,20,21,22,23). The molecular weight excluding hydrogens is 318 g/mol. The summed E-state index contributed by atoms with van der Waals surface area (Å²) in [7, 11) is 0. The van der Waals surface area contributed by atoms with E-state index in [1.54, 1.807) is 0 Å². The number of hydrogen-bond donors (Lipinski definition) is 3. The van der Waals surface area contributed by atoms with Crippen molar-refractivity contribution >= 4 is 23.5 Å². The number of carbonyl (C=O) groups is 1. The summed E-state index contributed by atoms with van der Waals surface area (Å²) in [6.07, 6.45) is 1.52. The minimum atomic E-state index is -0.217. The van der Waals surface area contributed by atoms with Crippen molar-refractivity contribution in [3.8, 4) is 0 Å². The van der Waals surface area contributed by atoms with Gasteiger partial charge in [-0.15, -0.1) is 0 Å². The Hall–Kier alpha value is -2.74. The zero-order chi connectivity index (χ0) is 17.8. The second kappa shape index (κ2) is 7.43. The Morgan fingerprint density at radius 1 is 1.20 bits per heavy atom. The summed E-state index contributed by atoms with van der Waals surface area (Å²) in [5, 5.41) is 3.14. The number of primary amides is 1. The minimum absolute atomic E-state index is 0.0181. The molecule has 1 saturated heterocycles. The van der Waals surface area contributed by atoms with E-state index in [1.165, 1.54) is 0 Å². The van der Waals surface area contributed by atoms with Gasteiger partial charge in [-0.1, -0.05) is 18.2 Å². The van der Waals surface area contributed by atoms with Gasteiger partial charge in [0.25, 0.3) is 0 Å². The molecule has 2 aromatic rings. The van der Waals surface area contributed by atoms with E-state index in [0.29, 0.717) is 11.8 Å². The van der Waals surface area contributed by atoms with Crippen LogP contribution < -0.4 is 16.8 Å². The molecule has 0 radical (unpaired) electrons. The van der Waals surface area contributed by atoms with Crippen LogP contribution in [0.15, 0.2) is 30.3 Å². The predicted octanol–water partition coefficient (Wildman–Crippen LogP) is 1.46. The molecule has 1 aromatic carbocycles. The quantitative estimate of drug-likeness (QED) is 0.752. The molecule has 1 unspecified atom stereocenters. The van der Waals surface area contributed by atoms with Crippen molar-refractivity contribution in [1.29, 1.82) is 0 Å². The number of likely N-dealkylation sites (tertiary alicyclic amines) is 1. The van der Waals surface area contributed by atoms with Crippen LogP contribution in [0.5, 0.6) is 0 Å². The van der Waals surface area contributed by atoms with Gasteiger partial charge in [0.2, 0.25) is 17.8 Å². The fourth-order valence-electron chi connectivity index (χ4n) is 3.04. The third-order valence-electron chi connectivity index (χ3n) is 4.55. The molecule has 1 fully saturated rings. The number of para-hydroxylation sites is 1. The molecule has 25 heavy (non-hydrogen) atoms. The van der Waals surface area contributed by atoms with Crippen LogP contribution in [-0.2, 0) is 4.79 Å². The third kappa shape index (κ3) is 4.21. The van der Waals surface area contributed by atoms with Gasteiger partial charge in [0.1, 0.15) is 0 Å². The molecule has 8 nitrogen and oxygen atoms in total. The SMILES string of the molecule is CC(c1nc(N)nc(Nc2ccccc2)n1)N1CCC(C(N)=O)CC1. The number of nitrogens with one attached hydrogen (secondary N) is 1. The summed E-state index contributed by atoms with van der Waals surface area (Å²) in [5.41, 5.74) is 12.1. The molecule has 5 N–H and O–H groups in total. The number of nitrogens with two attached hydrogens (primary N) is 2. The second-order valence-electron chi connectivity index (χ2n) is 6.26. The molecule has 1 atom stereocenters. The van der Waals surface area contributed by atoms with Crippen molar-refractivity contribution in [3.05, 3.63) is 36.2 Å². The molecule has 1 aliphatic rings. The van der Waals surface area contributed by atoms with E-state index < -0.39 is 0 Å². The number of rotatable bonds is 5. The Morgan fingerprint density at radius 3 is 2.52 bits per heavy atom. The number of hydrogen-bond acceptors (Lipinski definition) is 7. The van der Waals surface area contributed by atoms with Crippen molar-refractivity contribution < 1.29 is 4.79 Å². The van der Waals surface area contributed by atoms with Gasteiger partial charge >= 0.3 is 0 Å². The lowest BCUT2D eigenvalue weighted by atomic mass is 9.95. The average Bonchev–Trinajstić information content (AvgIpc) is 2.61. The van der Waals surface area contributed by atoms with Crippen molar-refractivity contribution in [2.24, 2.45) is 11.7 Å². The lowest BCUT2D eigenvalue weighted by Crippen LogP contribution is -2.40. The van der Waals surface area contributed by atoms with E-state index >= 15 is 0 Å². The first kappa shape index (κ1) is 17.1. The van der Waals surface area contributed by atoms with E-state index in [-0.39, 0.29) is 23.8 Å². The summed E-state index contributed by atoms with van der Waals surface area (Å²) in [6, 6.07) is 9.64. The largest absolute Gasteiger partial charge is 0.369 e. The van der Waals surface area contributed by atoms with Crippen molar-refractivity contribution in [2.45, 2.75) is 25.8 Å². The fourth-order valence-corrected chi connectivity index (χ4v) is 3.04. The summed E-state index contributed by atoms with van der Waals surface area (Å²) >= 11 is 0. The highest BCUT2D eigenvalue weighted by atomic mass is 16.1. The normalized spacial score (nSPS) is 17.2. The minimum Gasteiger partial charge on any atom is -0.369 e. The van der Waals surface area contributed by atoms with Crippen LogP contribution in [0.25, 0.3) is 0 Å². The lowest BCUT2D eigenvalue weighted by Gasteiger charge is -2.34. The van der Waals surface area contributed by atoms with Gasteiger partial charge in [-0.05, 0) is 45.0 Å². The Bertz CT molecular complexity index is 729. The molecule has 8 heteroatoms. The number of nitrogen functional groups attached to an aromatic ring is 1. The smallest absolute Gasteiger partial charge is 0.232 e. The van der Waals surface area contributed by atoms with Crippen LogP contribution in [0.1, 0.15) is 31.6 Å². The summed E-state index contributed by atoms with van der Waals surface area (Å²) in [6.45, 7) is 3.59. The lowest BCUT2D eigenvalue weighted by molar-refractivity contribution is -0.123. The molecule has 0 spiro atoms. The molecule has 3 rings (SSSR count). The van der Waals surface area contributed by atoms with E-state index in [2.05, 4.69) is 25.2 Å². The molecule has 1 amide bonds. The Morgan fingerprint density at radius 2 is 1.88 bits per heavy atom. The number of aromatic nitrogens is 3.